The summed E-state index contributed by atoms with van der Waals surface area (Å²) in [7, 11) is 0. The topological polar surface area (TPSA) is 62.1 Å². The Labute approximate surface area is 128 Å². The second-order valence-corrected chi connectivity index (χ2v) is 6.95. The molecule has 0 spiro atoms. The van der Waals surface area contributed by atoms with Crippen LogP contribution in [0.25, 0.3) is 0 Å². The van der Waals surface area contributed by atoms with Crippen LogP contribution in [0.4, 0.5) is 0 Å². The summed E-state index contributed by atoms with van der Waals surface area (Å²) in [5.41, 5.74) is 2.73. The van der Waals surface area contributed by atoms with Crippen LogP contribution in [0.1, 0.15) is 23.1 Å². The van der Waals surface area contributed by atoms with Crippen LogP contribution in [-0.2, 0) is 11.2 Å². The molecule has 1 amide bonds. The average Bonchev–Trinajstić information content (AvgIpc) is 3.07. The molecule has 4 nitrogen and oxygen atoms in total. The summed E-state index contributed by atoms with van der Waals surface area (Å²) in [6.45, 7) is 4.09. The van der Waals surface area contributed by atoms with Crippen LogP contribution in [0.5, 0.6) is 5.75 Å². The maximum Gasteiger partial charge on any atom is 0.262 e. The van der Waals surface area contributed by atoms with Crippen molar-refractivity contribution < 1.29 is 9.53 Å². The first-order valence-corrected chi connectivity index (χ1v) is 8.26. The van der Waals surface area contributed by atoms with E-state index in [-0.39, 0.29) is 5.91 Å². The minimum absolute atomic E-state index is 0.175. The molecule has 1 saturated heterocycles. The number of nitrogens with zero attached hydrogens (tertiary/aromatic N) is 1. The number of nitriles is 1. The normalized spacial score (nSPS) is 26.8. The fourth-order valence-corrected chi connectivity index (χ4v) is 4.02. The van der Waals surface area contributed by atoms with Gasteiger partial charge in [-0.05, 0) is 48.8 Å². The Balaban J connectivity index is 1.72. The minimum atomic E-state index is -0.717. The quantitative estimate of drug-likeness (QED) is 0.909. The molecule has 2 aliphatic rings. The van der Waals surface area contributed by atoms with Crippen LogP contribution in [0.3, 0.4) is 0 Å². The summed E-state index contributed by atoms with van der Waals surface area (Å²) < 4.78 is 5.78. The molecule has 110 valence electrons. The van der Waals surface area contributed by atoms with Crippen molar-refractivity contribution in [2.75, 3.05) is 11.5 Å². The van der Waals surface area contributed by atoms with Crippen molar-refractivity contribution in [3.63, 3.8) is 0 Å². The second-order valence-electron chi connectivity index (χ2n) is 5.84. The molecule has 21 heavy (non-hydrogen) atoms. The monoisotopic (exact) mass is 302 g/mol. The summed E-state index contributed by atoms with van der Waals surface area (Å²) in [5.74, 6) is 2.20. The smallest absolute Gasteiger partial charge is 0.262 e. The van der Waals surface area contributed by atoms with Gasteiger partial charge in [-0.1, -0.05) is 6.07 Å². The van der Waals surface area contributed by atoms with Gasteiger partial charge in [0, 0.05) is 12.2 Å². The minimum Gasteiger partial charge on any atom is -0.480 e. The lowest BCUT2D eigenvalue weighted by atomic mass is 9.99. The van der Waals surface area contributed by atoms with Crippen LogP contribution in [0, 0.1) is 25.2 Å². The van der Waals surface area contributed by atoms with Gasteiger partial charge in [0.25, 0.3) is 5.91 Å². The van der Waals surface area contributed by atoms with Crippen LogP contribution >= 0.6 is 11.8 Å². The van der Waals surface area contributed by atoms with Crippen LogP contribution in [-0.4, -0.2) is 29.1 Å². The Morgan fingerprint density at radius 3 is 2.90 bits per heavy atom. The zero-order chi connectivity index (χ0) is 15.0. The fraction of sp³-hybridized carbons (Fsp3) is 0.500. The zero-order valence-corrected chi connectivity index (χ0v) is 13.0. The summed E-state index contributed by atoms with van der Waals surface area (Å²) >= 11 is 1.70. The van der Waals surface area contributed by atoms with Crippen molar-refractivity contribution in [1.29, 1.82) is 5.26 Å². The number of thioether (sulfide) groups is 1. The average molecular weight is 302 g/mol. The third-order valence-corrected chi connectivity index (χ3v) is 5.43. The van der Waals surface area contributed by atoms with Crippen molar-refractivity contribution in [2.24, 2.45) is 0 Å². The molecule has 0 aromatic heterocycles. The van der Waals surface area contributed by atoms with Gasteiger partial charge < -0.3 is 10.1 Å². The highest BCUT2D eigenvalue weighted by atomic mass is 32.2. The SMILES string of the molecule is Cc1cc2c(cc1C)O[C@H](C(=O)N[C@]1(C#N)CCSC1)C2. The fourth-order valence-electron chi connectivity index (χ4n) is 2.76. The third kappa shape index (κ3) is 2.60. The summed E-state index contributed by atoms with van der Waals surface area (Å²) in [5, 5.41) is 12.2. The van der Waals surface area contributed by atoms with E-state index in [1.807, 2.05) is 13.0 Å². The highest BCUT2D eigenvalue weighted by Gasteiger charge is 2.39. The molecule has 1 aromatic rings. The number of carbonyl (C=O) groups excluding carboxylic acids is 1. The van der Waals surface area contributed by atoms with E-state index in [9.17, 15) is 10.1 Å². The lowest BCUT2D eigenvalue weighted by Gasteiger charge is -2.23. The third-order valence-electron chi connectivity index (χ3n) is 4.24. The van der Waals surface area contributed by atoms with Crippen molar-refractivity contribution in [1.82, 2.24) is 5.32 Å². The Bertz CT molecular complexity index is 599. The van der Waals surface area contributed by atoms with Gasteiger partial charge in [0.1, 0.15) is 11.3 Å². The lowest BCUT2D eigenvalue weighted by Crippen LogP contribution is -2.52. The molecular weight excluding hydrogens is 284 g/mol. The Morgan fingerprint density at radius 2 is 2.24 bits per heavy atom. The maximum atomic E-state index is 12.4. The largest absolute Gasteiger partial charge is 0.480 e. The van der Waals surface area contributed by atoms with Gasteiger partial charge in [-0.2, -0.15) is 17.0 Å². The van der Waals surface area contributed by atoms with Gasteiger partial charge >= 0.3 is 0 Å². The van der Waals surface area contributed by atoms with Crippen molar-refractivity contribution in [2.45, 2.75) is 38.3 Å². The molecule has 0 saturated carbocycles. The van der Waals surface area contributed by atoms with E-state index >= 15 is 0 Å². The zero-order valence-electron chi connectivity index (χ0n) is 12.2. The van der Waals surface area contributed by atoms with Gasteiger partial charge in [0.05, 0.1) is 6.07 Å². The molecule has 2 atom stereocenters. The molecule has 2 aliphatic heterocycles. The maximum absolute atomic E-state index is 12.4. The van der Waals surface area contributed by atoms with E-state index in [0.29, 0.717) is 18.6 Å². The number of fused-ring (bicyclic) bond motifs is 1. The summed E-state index contributed by atoms with van der Waals surface area (Å²) in [4.78, 5) is 12.4. The molecule has 0 bridgehead atoms. The van der Waals surface area contributed by atoms with Crippen LogP contribution in [0.2, 0.25) is 0 Å². The molecular formula is C16H18N2O2S. The van der Waals surface area contributed by atoms with Gasteiger partial charge in [0.15, 0.2) is 6.10 Å². The van der Waals surface area contributed by atoms with Gasteiger partial charge in [0.2, 0.25) is 0 Å². The number of aryl methyl sites for hydroxylation is 2. The van der Waals surface area contributed by atoms with E-state index in [2.05, 4.69) is 24.4 Å². The van der Waals surface area contributed by atoms with E-state index < -0.39 is 11.6 Å². The van der Waals surface area contributed by atoms with Crippen molar-refractivity contribution in [3.05, 3.63) is 28.8 Å². The van der Waals surface area contributed by atoms with Crippen LogP contribution < -0.4 is 10.1 Å². The standard InChI is InChI=1S/C16H18N2O2S/c1-10-5-12-7-14(20-13(12)6-11(10)2)15(19)18-16(8-17)3-4-21-9-16/h5-6,14H,3-4,7,9H2,1-2H3,(H,18,19)/t14-,16-/m0/s1. The first kappa shape index (κ1) is 14.3. The highest BCUT2D eigenvalue weighted by Crippen LogP contribution is 2.32. The number of carbonyl (C=O) groups is 1. The van der Waals surface area contributed by atoms with Crippen molar-refractivity contribution >= 4 is 17.7 Å². The molecule has 0 aliphatic carbocycles. The molecule has 1 N–H and O–H groups in total. The number of amides is 1. The molecule has 2 heterocycles. The lowest BCUT2D eigenvalue weighted by molar-refractivity contribution is -0.128. The number of rotatable bonds is 2. The first-order valence-electron chi connectivity index (χ1n) is 7.11. The number of ether oxygens (including phenoxy) is 1. The first-order chi connectivity index (χ1) is 10.0. The number of nitrogens with one attached hydrogen (secondary N) is 1. The van der Waals surface area contributed by atoms with E-state index in [1.54, 1.807) is 11.8 Å². The second kappa shape index (κ2) is 5.27. The molecule has 1 aromatic carbocycles. The number of hydrogen-bond acceptors (Lipinski definition) is 4. The molecule has 0 unspecified atom stereocenters. The molecule has 5 heteroatoms. The Kier molecular flexibility index (Phi) is 3.58. The number of hydrogen-bond donors (Lipinski definition) is 1. The highest BCUT2D eigenvalue weighted by molar-refractivity contribution is 7.99. The molecule has 0 radical (unpaired) electrons. The molecule has 1 fully saturated rings. The molecule has 3 rings (SSSR count). The van der Waals surface area contributed by atoms with Gasteiger partial charge in [-0.3, -0.25) is 4.79 Å². The van der Waals surface area contributed by atoms with Gasteiger partial charge in [-0.15, -0.1) is 0 Å². The predicted molar refractivity (Wildman–Crippen MR) is 82.5 cm³/mol. The Hall–Kier alpha value is -1.67. The Morgan fingerprint density at radius 1 is 1.48 bits per heavy atom. The van der Waals surface area contributed by atoms with E-state index in [4.69, 9.17) is 4.74 Å². The number of benzene rings is 1. The van der Waals surface area contributed by atoms with E-state index in [1.165, 1.54) is 5.56 Å². The predicted octanol–water partition coefficient (Wildman–Crippen LogP) is 2.12. The van der Waals surface area contributed by atoms with Gasteiger partial charge in [-0.25, -0.2) is 0 Å². The summed E-state index contributed by atoms with van der Waals surface area (Å²) in [6, 6.07) is 6.34. The van der Waals surface area contributed by atoms with Crippen molar-refractivity contribution in [3.8, 4) is 11.8 Å². The van der Waals surface area contributed by atoms with Crippen LogP contribution in [0.15, 0.2) is 12.1 Å². The summed E-state index contributed by atoms with van der Waals surface area (Å²) in [6.07, 6.45) is 0.770. The van der Waals surface area contributed by atoms with E-state index in [0.717, 1.165) is 22.6 Å².